The number of hydrogen-bond donors (Lipinski definition) is 2. The van der Waals surface area contributed by atoms with Crippen molar-refractivity contribution in [2.75, 3.05) is 10.6 Å². The van der Waals surface area contributed by atoms with E-state index in [2.05, 4.69) is 10.6 Å². The van der Waals surface area contributed by atoms with Crippen LogP contribution in [-0.4, -0.2) is 18.7 Å². The predicted octanol–water partition coefficient (Wildman–Crippen LogP) is 0.822. The van der Waals surface area contributed by atoms with Crippen LogP contribution in [0.25, 0.3) is 5.73 Å². The first-order chi connectivity index (χ1) is 7.17. The molecule has 0 aliphatic heterocycles. The summed E-state index contributed by atoms with van der Waals surface area (Å²) in [7, 11) is 0. The number of carbonyl (C=O) groups is 1. The molecule has 0 aliphatic carbocycles. The van der Waals surface area contributed by atoms with Crippen LogP contribution >= 0.6 is 0 Å². The Morgan fingerprint density at radius 1 is 0.810 bits per heavy atom. The van der Waals surface area contributed by atoms with Crippen molar-refractivity contribution in [3.05, 3.63) is 29.5 Å². The number of benzene rings is 1. The summed E-state index contributed by atoms with van der Waals surface area (Å²) >= 11 is 0. The van der Waals surface area contributed by atoms with Gasteiger partial charge < -0.3 is 30.8 Å². The summed E-state index contributed by atoms with van der Waals surface area (Å²) in [6.07, 6.45) is 2.84. The SMILES string of the molecule is [NH-]C(=O)c1cc(N[C-]=O)cc(N[C-]=O)c1.[Y].[Y].[Y].[Y].[Y].[Y]. The molecule has 0 saturated carbocycles. The van der Waals surface area contributed by atoms with Gasteiger partial charge in [-0.2, -0.15) is 6.07 Å². The zero-order valence-corrected chi connectivity index (χ0v) is 28.0. The van der Waals surface area contributed by atoms with Crippen molar-refractivity contribution in [1.29, 1.82) is 0 Å². The van der Waals surface area contributed by atoms with Crippen molar-refractivity contribution >= 4 is 30.1 Å². The summed E-state index contributed by atoms with van der Waals surface area (Å²) in [5.74, 6) is -0.918. The quantitative estimate of drug-likeness (QED) is 0.346. The zero-order chi connectivity index (χ0) is 11.3. The Morgan fingerprint density at radius 3 is 1.38 bits per heavy atom. The van der Waals surface area contributed by atoms with E-state index in [1.807, 2.05) is 0 Å². The van der Waals surface area contributed by atoms with Gasteiger partial charge in [0.1, 0.15) is 0 Å². The third kappa shape index (κ3) is 17.4. The molecule has 1 aromatic rings. The van der Waals surface area contributed by atoms with Gasteiger partial charge in [-0.25, -0.2) is 0 Å². The van der Waals surface area contributed by atoms with Gasteiger partial charge in [-0.15, -0.1) is 23.5 Å². The van der Waals surface area contributed by atoms with Crippen LogP contribution in [0.15, 0.2) is 18.2 Å². The second-order valence-corrected chi connectivity index (χ2v) is 2.58. The second-order valence-electron chi connectivity index (χ2n) is 2.58. The monoisotopic (exact) mass is 737 g/mol. The molecule has 0 spiro atoms. The molecule has 6 nitrogen and oxygen atoms in total. The van der Waals surface area contributed by atoms with Crippen LogP contribution in [0.5, 0.6) is 0 Å². The smallest absolute Gasteiger partial charge is 0.0766 e. The van der Waals surface area contributed by atoms with Gasteiger partial charge >= 0.3 is 0 Å². The molecule has 0 heterocycles. The van der Waals surface area contributed by atoms with Crippen LogP contribution in [0.2, 0.25) is 0 Å². The fourth-order valence-corrected chi connectivity index (χ4v) is 1.02. The molecule has 3 amide bonds. The third-order valence-electron chi connectivity index (χ3n) is 1.59. The molecular formula is C9H6N3O3Y6-3. The number of rotatable bonds is 5. The van der Waals surface area contributed by atoms with Gasteiger partial charge in [0.25, 0.3) is 0 Å². The molecule has 0 aromatic heterocycles. The largest absolute Gasteiger partial charge is 0.664 e. The summed E-state index contributed by atoms with van der Waals surface area (Å²) < 4.78 is 0. The fourth-order valence-electron chi connectivity index (χ4n) is 1.02. The summed E-state index contributed by atoms with van der Waals surface area (Å²) in [6.45, 7) is 0. The molecule has 1 aromatic carbocycles. The van der Waals surface area contributed by atoms with Crippen LogP contribution in [-0.2, 0) is 206 Å². The molecule has 3 N–H and O–H groups in total. The number of carbonyl (C=O) groups excluding carboxylic acids is 3. The molecule has 12 heteroatoms. The molecule has 6 radical (unpaired) electrons. The minimum absolute atomic E-state index is 0. The minimum Gasteiger partial charge on any atom is -0.664 e. The number of hydrogen-bond acceptors (Lipinski definition) is 3. The second kappa shape index (κ2) is 24.3. The van der Waals surface area contributed by atoms with Crippen molar-refractivity contribution in [3.8, 4) is 0 Å². The van der Waals surface area contributed by atoms with E-state index >= 15 is 0 Å². The van der Waals surface area contributed by atoms with Gasteiger partial charge in [0.15, 0.2) is 0 Å². The maximum atomic E-state index is 10.8. The van der Waals surface area contributed by atoms with Crippen LogP contribution < -0.4 is 10.6 Å². The van der Waals surface area contributed by atoms with Crippen molar-refractivity contribution < 1.29 is 211 Å². The van der Waals surface area contributed by atoms with Gasteiger partial charge in [0.05, 0.1) is 18.7 Å². The Labute approximate surface area is 274 Å². The van der Waals surface area contributed by atoms with Gasteiger partial charge in [0.2, 0.25) is 0 Å². The molecule has 0 bridgehead atoms. The molecule has 0 fully saturated rings. The Bertz CT molecular complexity index is 393. The Morgan fingerprint density at radius 2 is 1.14 bits per heavy atom. The standard InChI is InChI=1S/C9H7N3O3.6Y/c10-9(15)6-1-7(11-4-13)3-8(2-6)12-5-14;;;;;;/h1-3H,(H4,10,11,12,13,14,15);;;;;;/q-2;;;;;;/p-1. The predicted molar refractivity (Wildman–Crippen MR) is 53.7 cm³/mol. The normalized spacial score (nSPS) is 6.48. The first kappa shape index (κ1) is 40.1. The maximum Gasteiger partial charge on any atom is 0.0766 e. The average molecular weight is 738 g/mol. The Hall–Kier alpha value is 4.25. The summed E-state index contributed by atoms with van der Waals surface area (Å²) in [4.78, 5) is 30.9. The minimum atomic E-state index is -0.918. The van der Waals surface area contributed by atoms with E-state index in [0.717, 1.165) is 0 Å². The molecular weight excluding hydrogens is 732 g/mol. The van der Waals surface area contributed by atoms with Gasteiger partial charge in [0, 0.05) is 196 Å². The average Bonchev–Trinajstić information content (AvgIpc) is 2.18. The molecule has 1 rings (SSSR count). The van der Waals surface area contributed by atoms with Crippen LogP contribution in [0.4, 0.5) is 11.4 Å². The first-order valence-corrected chi connectivity index (χ1v) is 3.84. The number of amides is 3. The Kier molecular flexibility index (Phi) is 46.3. The van der Waals surface area contributed by atoms with Crippen molar-refractivity contribution in [2.24, 2.45) is 0 Å². The van der Waals surface area contributed by atoms with Gasteiger partial charge in [-0.1, -0.05) is 0 Å². The number of nitrogens with one attached hydrogen (secondary N) is 3. The van der Waals surface area contributed by atoms with E-state index in [1.165, 1.54) is 31.0 Å². The van der Waals surface area contributed by atoms with E-state index in [0.29, 0.717) is 0 Å². The fraction of sp³-hybridized carbons (Fsp3) is 0. The zero-order valence-electron chi connectivity index (χ0n) is 10.9. The summed E-state index contributed by atoms with van der Waals surface area (Å²) in [5, 5.41) is 4.38. The topological polar surface area (TPSA) is 99.1 Å². The Balaban J connectivity index is -0.0000000937. The maximum absolute atomic E-state index is 10.8. The molecule has 96 valence electrons. The molecule has 0 aliphatic rings. The first-order valence-electron chi connectivity index (χ1n) is 3.84. The molecule has 21 heavy (non-hydrogen) atoms. The van der Waals surface area contributed by atoms with Crippen LogP contribution in [0, 0.1) is 0 Å². The van der Waals surface area contributed by atoms with E-state index in [9.17, 15) is 14.4 Å². The summed E-state index contributed by atoms with van der Waals surface area (Å²) in [5.41, 5.74) is 7.46. The van der Waals surface area contributed by atoms with E-state index in [1.54, 1.807) is 0 Å². The van der Waals surface area contributed by atoms with Gasteiger partial charge in [-0.3, -0.25) is 0 Å². The molecule has 0 saturated heterocycles. The van der Waals surface area contributed by atoms with Gasteiger partial charge in [-0.05, 0) is 5.56 Å². The van der Waals surface area contributed by atoms with Crippen LogP contribution in [0.1, 0.15) is 10.4 Å². The van der Waals surface area contributed by atoms with E-state index in [-0.39, 0.29) is 213 Å². The van der Waals surface area contributed by atoms with E-state index in [4.69, 9.17) is 5.73 Å². The van der Waals surface area contributed by atoms with Crippen LogP contribution in [0.3, 0.4) is 0 Å². The van der Waals surface area contributed by atoms with E-state index < -0.39 is 5.91 Å². The van der Waals surface area contributed by atoms with Crippen molar-refractivity contribution in [1.82, 2.24) is 0 Å². The summed E-state index contributed by atoms with van der Waals surface area (Å²) in [6, 6.07) is 4.01. The van der Waals surface area contributed by atoms with Crippen molar-refractivity contribution in [3.63, 3.8) is 0 Å². The molecule has 0 atom stereocenters. The number of anilines is 2. The van der Waals surface area contributed by atoms with Crippen molar-refractivity contribution in [2.45, 2.75) is 0 Å². The molecule has 0 unspecified atom stereocenters. The third-order valence-corrected chi connectivity index (χ3v) is 1.59.